The fraction of sp³-hybridized carbons (Fsp3) is 0.522. The topological polar surface area (TPSA) is 118 Å². The predicted molar refractivity (Wildman–Crippen MR) is 125 cm³/mol. The molecule has 0 radical (unpaired) electrons. The predicted octanol–water partition coefficient (Wildman–Crippen LogP) is 3.03. The lowest BCUT2D eigenvalue weighted by atomic mass is 10.0. The quantitative estimate of drug-likeness (QED) is 0.646. The van der Waals surface area contributed by atoms with E-state index in [0.29, 0.717) is 47.3 Å². The number of likely N-dealkylation sites (N-methyl/N-ethyl adjacent to an activating group) is 1. The van der Waals surface area contributed by atoms with Gasteiger partial charge in [0.15, 0.2) is 5.76 Å². The smallest absolute Gasteiger partial charge is 0.323 e. The molecule has 0 spiro atoms. The van der Waals surface area contributed by atoms with E-state index in [2.05, 4.69) is 28.0 Å². The minimum atomic E-state index is -0.451. The molecule has 10 heteroatoms. The molecule has 0 saturated heterocycles. The number of benzene rings is 1. The maximum Gasteiger partial charge on any atom is 0.323 e. The zero-order chi connectivity index (χ0) is 24.1. The largest absolute Gasteiger partial charge is 0.491 e. The van der Waals surface area contributed by atoms with Crippen LogP contribution in [-0.2, 0) is 4.74 Å². The lowest BCUT2D eigenvalue weighted by Crippen LogP contribution is -2.44. The molecule has 0 aliphatic carbocycles. The summed E-state index contributed by atoms with van der Waals surface area (Å²) in [6, 6.07) is 4.60. The number of nitrogens with zero attached hydrogens (tertiary/aromatic N) is 2. The number of urea groups is 1. The Hall–Kier alpha value is -3.11. The van der Waals surface area contributed by atoms with Gasteiger partial charge in [-0.15, -0.1) is 0 Å². The second kappa shape index (κ2) is 10.7. The Labute approximate surface area is 194 Å². The van der Waals surface area contributed by atoms with Gasteiger partial charge in [-0.2, -0.15) is 0 Å². The van der Waals surface area contributed by atoms with Gasteiger partial charge in [-0.1, -0.05) is 12.1 Å². The number of fused-ring (bicyclic) bond motifs is 1. The zero-order valence-corrected chi connectivity index (χ0v) is 20.0. The van der Waals surface area contributed by atoms with E-state index in [4.69, 9.17) is 14.0 Å². The van der Waals surface area contributed by atoms with Crippen LogP contribution in [0.3, 0.4) is 0 Å². The minimum Gasteiger partial charge on any atom is -0.491 e. The van der Waals surface area contributed by atoms with Crippen molar-refractivity contribution in [2.24, 2.45) is 5.92 Å². The van der Waals surface area contributed by atoms with E-state index in [9.17, 15) is 9.59 Å². The molecule has 0 bridgehead atoms. The number of carbonyl (C=O) groups excluding carboxylic acids is 2. The number of ether oxygens (including phenoxy) is 2. The second-order valence-electron chi connectivity index (χ2n) is 8.55. The highest BCUT2D eigenvalue weighted by molar-refractivity contribution is 6.02. The zero-order valence-electron chi connectivity index (χ0n) is 20.0. The Bertz CT molecular complexity index is 972. The number of aromatic nitrogens is 1. The highest BCUT2D eigenvalue weighted by Crippen LogP contribution is 2.26. The summed E-state index contributed by atoms with van der Waals surface area (Å²) < 4.78 is 16.7. The third-order valence-electron chi connectivity index (χ3n) is 5.76. The van der Waals surface area contributed by atoms with Crippen molar-refractivity contribution < 1.29 is 23.6 Å². The Morgan fingerprint density at radius 3 is 2.70 bits per heavy atom. The number of amides is 3. The average molecular weight is 460 g/mol. The van der Waals surface area contributed by atoms with Gasteiger partial charge in [0.25, 0.3) is 5.91 Å². The molecule has 3 atom stereocenters. The van der Waals surface area contributed by atoms with E-state index in [1.165, 1.54) is 0 Å². The van der Waals surface area contributed by atoms with Crippen molar-refractivity contribution >= 4 is 23.3 Å². The molecule has 3 rings (SSSR count). The van der Waals surface area contributed by atoms with E-state index in [0.717, 1.165) is 6.54 Å². The number of anilines is 2. The maximum absolute atomic E-state index is 13.2. The van der Waals surface area contributed by atoms with Crippen LogP contribution in [0.5, 0.6) is 5.75 Å². The normalized spacial score (nSPS) is 21.9. The van der Waals surface area contributed by atoms with Gasteiger partial charge in [-0.25, -0.2) is 4.79 Å². The molecule has 0 saturated carbocycles. The SMILES string of the molecule is CO[C@@H]1CN(C)C(=O)c2ccc(NC(=O)Nc3c(C)noc3C)cc2OC[C@@H](C)NC[C@@H]1C. The third kappa shape index (κ3) is 6.02. The van der Waals surface area contributed by atoms with Gasteiger partial charge in [-0.05, 0) is 38.8 Å². The molecule has 2 heterocycles. The third-order valence-corrected chi connectivity index (χ3v) is 5.76. The van der Waals surface area contributed by atoms with Crippen LogP contribution in [0.1, 0.15) is 35.7 Å². The molecule has 0 fully saturated rings. The van der Waals surface area contributed by atoms with E-state index >= 15 is 0 Å². The number of hydrogen-bond donors (Lipinski definition) is 3. The van der Waals surface area contributed by atoms with Gasteiger partial charge < -0.3 is 34.8 Å². The highest BCUT2D eigenvalue weighted by Gasteiger charge is 2.25. The van der Waals surface area contributed by atoms with Crippen molar-refractivity contribution in [2.75, 3.05) is 44.5 Å². The standard InChI is InChI=1S/C23H33N5O5/c1-13-10-24-14(2)12-32-19-9-17(25-23(30)26-21-15(3)27-33-16(21)4)7-8-18(19)22(29)28(5)11-20(13)31-6/h7-9,13-14,20,24H,10-12H2,1-6H3,(H2,25,26,30)/t13-,14+,20+/m0/s1. The molecule has 1 aromatic carbocycles. The Balaban J connectivity index is 1.82. The average Bonchev–Trinajstić information content (AvgIpc) is 3.10. The molecule has 3 N–H and O–H groups in total. The fourth-order valence-electron chi connectivity index (χ4n) is 3.67. The minimum absolute atomic E-state index is 0.0597. The summed E-state index contributed by atoms with van der Waals surface area (Å²) in [6.07, 6.45) is -0.101. The molecule has 0 unspecified atom stereocenters. The Morgan fingerprint density at radius 2 is 2.03 bits per heavy atom. The van der Waals surface area contributed by atoms with Crippen molar-refractivity contribution in [3.05, 3.63) is 35.2 Å². The number of carbonyl (C=O) groups is 2. The molecule has 1 aliphatic heterocycles. The summed E-state index contributed by atoms with van der Waals surface area (Å²) in [4.78, 5) is 27.3. The molecule has 33 heavy (non-hydrogen) atoms. The molecule has 2 aromatic rings. The van der Waals surface area contributed by atoms with E-state index < -0.39 is 6.03 Å². The highest BCUT2D eigenvalue weighted by atomic mass is 16.5. The van der Waals surface area contributed by atoms with Crippen LogP contribution in [0.4, 0.5) is 16.2 Å². The maximum atomic E-state index is 13.2. The van der Waals surface area contributed by atoms with Crippen LogP contribution in [0.15, 0.2) is 22.7 Å². The summed E-state index contributed by atoms with van der Waals surface area (Å²) >= 11 is 0. The van der Waals surface area contributed by atoms with Crippen LogP contribution in [-0.4, -0.2) is 68.0 Å². The first kappa shape index (κ1) is 24.5. The van der Waals surface area contributed by atoms with Gasteiger partial charge in [0.1, 0.15) is 23.7 Å². The first-order chi connectivity index (χ1) is 15.7. The molecule has 3 amide bonds. The van der Waals surface area contributed by atoms with Gasteiger partial charge in [0.2, 0.25) is 0 Å². The number of aryl methyl sites for hydroxylation is 2. The van der Waals surface area contributed by atoms with E-state index in [1.54, 1.807) is 51.1 Å². The van der Waals surface area contributed by atoms with Crippen molar-refractivity contribution in [1.82, 2.24) is 15.4 Å². The van der Waals surface area contributed by atoms with E-state index in [-0.39, 0.29) is 24.0 Å². The summed E-state index contributed by atoms with van der Waals surface area (Å²) in [7, 11) is 3.41. The van der Waals surface area contributed by atoms with Crippen molar-refractivity contribution in [3.63, 3.8) is 0 Å². The number of nitrogens with one attached hydrogen (secondary N) is 3. The van der Waals surface area contributed by atoms with Crippen LogP contribution in [0.2, 0.25) is 0 Å². The van der Waals surface area contributed by atoms with Gasteiger partial charge in [0.05, 0.1) is 11.7 Å². The molecule has 180 valence electrons. The first-order valence-electron chi connectivity index (χ1n) is 11.0. The van der Waals surface area contributed by atoms with Crippen LogP contribution < -0.4 is 20.7 Å². The lowest BCUT2D eigenvalue weighted by molar-refractivity contribution is 0.0281. The van der Waals surface area contributed by atoms with Crippen LogP contribution in [0, 0.1) is 19.8 Å². The van der Waals surface area contributed by atoms with Gasteiger partial charge >= 0.3 is 6.03 Å². The Kier molecular flexibility index (Phi) is 7.93. The summed E-state index contributed by atoms with van der Waals surface area (Å²) in [5.41, 5.74) is 2.02. The first-order valence-corrected chi connectivity index (χ1v) is 11.0. The summed E-state index contributed by atoms with van der Waals surface area (Å²) in [5, 5.41) is 12.8. The monoisotopic (exact) mass is 459 g/mol. The molecule has 1 aliphatic rings. The van der Waals surface area contributed by atoms with Crippen molar-refractivity contribution in [2.45, 2.75) is 39.8 Å². The number of rotatable bonds is 3. The molecule has 10 nitrogen and oxygen atoms in total. The second-order valence-corrected chi connectivity index (χ2v) is 8.55. The van der Waals surface area contributed by atoms with Gasteiger partial charge in [0, 0.05) is 45.0 Å². The van der Waals surface area contributed by atoms with E-state index in [1.807, 2.05) is 6.92 Å². The summed E-state index contributed by atoms with van der Waals surface area (Å²) in [6.45, 7) is 9.13. The molecular formula is C23H33N5O5. The molecular weight excluding hydrogens is 426 g/mol. The summed E-state index contributed by atoms with van der Waals surface area (Å²) in [5.74, 6) is 0.960. The Morgan fingerprint density at radius 1 is 1.27 bits per heavy atom. The van der Waals surface area contributed by atoms with Crippen LogP contribution >= 0.6 is 0 Å². The number of methoxy groups -OCH3 is 1. The molecule has 1 aromatic heterocycles. The number of hydrogen-bond acceptors (Lipinski definition) is 7. The van der Waals surface area contributed by atoms with Crippen molar-refractivity contribution in [1.29, 1.82) is 0 Å². The van der Waals surface area contributed by atoms with Crippen molar-refractivity contribution in [3.8, 4) is 5.75 Å². The fourth-order valence-corrected chi connectivity index (χ4v) is 3.67. The lowest BCUT2D eigenvalue weighted by Gasteiger charge is -2.30. The van der Waals surface area contributed by atoms with Crippen LogP contribution in [0.25, 0.3) is 0 Å². The van der Waals surface area contributed by atoms with Gasteiger partial charge in [-0.3, -0.25) is 4.79 Å².